The van der Waals surface area contributed by atoms with Gasteiger partial charge < -0.3 is 5.32 Å². The molecule has 1 aromatic carbocycles. The lowest BCUT2D eigenvalue weighted by molar-refractivity contribution is 0.316. The molecule has 4 nitrogen and oxygen atoms in total. The van der Waals surface area contributed by atoms with E-state index in [9.17, 15) is 0 Å². The van der Waals surface area contributed by atoms with Gasteiger partial charge in [-0.25, -0.2) is 9.67 Å². The van der Waals surface area contributed by atoms with Gasteiger partial charge in [-0.05, 0) is 38.8 Å². The van der Waals surface area contributed by atoms with E-state index in [4.69, 9.17) is 0 Å². The number of hydrogen-bond donors (Lipinski definition) is 1. The molecule has 0 amide bonds. The molecule has 0 spiro atoms. The topological polar surface area (TPSA) is 42.7 Å². The van der Waals surface area contributed by atoms with Crippen LogP contribution in [0.3, 0.4) is 0 Å². The Morgan fingerprint density at radius 1 is 1.14 bits per heavy atom. The first-order valence-electron chi connectivity index (χ1n) is 7.85. The normalized spacial score (nSPS) is 14.1. The first kappa shape index (κ1) is 15.7. The Morgan fingerprint density at radius 3 is 2.38 bits per heavy atom. The molecule has 0 aliphatic rings. The monoisotopic (exact) mass is 286 g/mol. The highest BCUT2D eigenvalue weighted by atomic mass is 15.4. The smallest absolute Gasteiger partial charge is 0.147 e. The minimum absolute atomic E-state index is 0.260. The lowest BCUT2D eigenvalue weighted by Crippen LogP contribution is -2.31. The van der Waals surface area contributed by atoms with Crippen molar-refractivity contribution in [3.8, 4) is 0 Å². The maximum atomic E-state index is 4.60. The van der Waals surface area contributed by atoms with Gasteiger partial charge in [-0.2, -0.15) is 5.10 Å². The maximum absolute atomic E-state index is 4.60. The van der Waals surface area contributed by atoms with E-state index in [1.54, 1.807) is 0 Å². The van der Waals surface area contributed by atoms with E-state index in [0.29, 0.717) is 0 Å². The molecule has 114 valence electrons. The Morgan fingerprint density at radius 2 is 1.86 bits per heavy atom. The second-order valence-electron chi connectivity index (χ2n) is 5.47. The molecule has 0 radical (unpaired) electrons. The zero-order chi connectivity index (χ0) is 15.2. The highest BCUT2D eigenvalue weighted by Crippen LogP contribution is 2.29. The van der Waals surface area contributed by atoms with Gasteiger partial charge >= 0.3 is 0 Å². The molecular formula is C17H26N4. The zero-order valence-electron chi connectivity index (χ0n) is 13.5. The van der Waals surface area contributed by atoms with Crippen molar-refractivity contribution in [1.29, 1.82) is 0 Å². The number of rotatable bonds is 7. The van der Waals surface area contributed by atoms with Gasteiger partial charge in [0.1, 0.15) is 11.6 Å². The molecule has 2 rings (SSSR count). The van der Waals surface area contributed by atoms with Gasteiger partial charge in [0.25, 0.3) is 0 Å². The molecule has 0 bridgehead atoms. The molecule has 0 saturated carbocycles. The van der Waals surface area contributed by atoms with Gasteiger partial charge in [0.15, 0.2) is 0 Å². The molecule has 0 aliphatic carbocycles. The summed E-state index contributed by atoms with van der Waals surface area (Å²) in [5.41, 5.74) is 1.31. The Balaban J connectivity index is 2.35. The summed E-state index contributed by atoms with van der Waals surface area (Å²) in [4.78, 5) is 4.46. The van der Waals surface area contributed by atoms with E-state index in [0.717, 1.165) is 31.0 Å². The number of aryl methyl sites for hydroxylation is 2. The van der Waals surface area contributed by atoms with Crippen molar-refractivity contribution in [2.75, 3.05) is 6.54 Å². The summed E-state index contributed by atoms with van der Waals surface area (Å²) in [6, 6.07) is 11.2. The Hall–Kier alpha value is -1.68. The van der Waals surface area contributed by atoms with E-state index < -0.39 is 0 Å². The van der Waals surface area contributed by atoms with Gasteiger partial charge in [0.05, 0.1) is 12.1 Å². The third kappa shape index (κ3) is 3.70. The molecule has 0 aliphatic heterocycles. The van der Waals surface area contributed by atoms with Crippen LogP contribution in [0.15, 0.2) is 30.3 Å². The molecular weight excluding hydrogens is 260 g/mol. The molecule has 4 heteroatoms. The lowest BCUT2D eigenvalue weighted by atomic mass is 9.97. The molecule has 1 N–H and O–H groups in total. The van der Waals surface area contributed by atoms with Crippen molar-refractivity contribution in [1.82, 2.24) is 20.1 Å². The van der Waals surface area contributed by atoms with Crippen LogP contribution in [0.2, 0.25) is 0 Å². The van der Waals surface area contributed by atoms with Crippen molar-refractivity contribution < 1.29 is 0 Å². The van der Waals surface area contributed by atoms with Crippen molar-refractivity contribution in [2.45, 2.75) is 52.6 Å². The maximum Gasteiger partial charge on any atom is 0.147 e. The number of benzene rings is 1. The van der Waals surface area contributed by atoms with Crippen molar-refractivity contribution in [2.24, 2.45) is 0 Å². The van der Waals surface area contributed by atoms with Crippen LogP contribution in [0.5, 0.6) is 0 Å². The summed E-state index contributed by atoms with van der Waals surface area (Å²) < 4.78 is 2.08. The van der Waals surface area contributed by atoms with Crippen LogP contribution < -0.4 is 5.32 Å². The Labute approximate surface area is 127 Å². The quantitative estimate of drug-likeness (QED) is 0.846. The molecule has 0 fully saturated rings. The molecule has 2 atom stereocenters. The van der Waals surface area contributed by atoms with Crippen molar-refractivity contribution in [3.63, 3.8) is 0 Å². The van der Waals surface area contributed by atoms with Crippen LogP contribution in [-0.2, 0) is 0 Å². The number of nitrogens with zero attached hydrogens (tertiary/aromatic N) is 3. The van der Waals surface area contributed by atoms with Crippen LogP contribution in [0.1, 0.15) is 56.0 Å². The average Bonchev–Trinajstić information content (AvgIpc) is 2.83. The first-order valence-corrected chi connectivity index (χ1v) is 7.85. The Bertz CT molecular complexity index is 547. The summed E-state index contributed by atoms with van der Waals surface area (Å²) in [5, 5.41) is 8.28. The third-order valence-corrected chi connectivity index (χ3v) is 3.80. The van der Waals surface area contributed by atoms with E-state index in [2.05, 4.69) is 64.3 Å². The fourth-order valence-corrected chi connectivity index (χ4v) is 2.84. The van der Waals surface area contributed by atoms with E-state index in [1.165, 1.54) is 5.56 Å². The SMILES string of the molecule is CCCNC(c1ccccc1)C(CC)n1nc(C)nc1C. The van der Waals surface area contributed by atoms with E-state index in [1.807, 2.05) is 13.8 Å². The third-order valence-electron chi connectivity index (χ3n) is 3.80. The van der Waals surface area contributed by atoms with Gasteiger partial charge in [-0.1, -0.05) is 44.2 Å². The second-order valence-corrected chi connectivity index (χ2v) is 5.47. The number of aromatic nitrogens is 3. The summed E-state index contributed by atoms with van der Waals surface area (Å²) in [6.45, 7) is 9.39. The van der Waals surface area contributed by atoms with Crippen molar-refractivity contribution >= 4 is 0 Å². The number of hydrogen-bond acceptors (Lipinski definition) is 3. The van der Waals surface area contributed by atoms with Gasteiger partial charge in [0.2, 0.25) is 0 Å². The highest BCUT2D eigenvalue weighted by molar-refractivity contribution is 5.20. The minimum Gasteiger partial charge on any atom is -0.308 e. The average molecular weight is 286 g/mol. The number of nitrogens with one attached hydrogen (secondary N) is 1. The molecule has 21 heavy (non-hydrogen) atoms. The minimum atomic E-state index is 0.260. The van der Waals surface area contributed by atoms with Gasteiger partial charge in [-0.3, -0.25) is 0 Å². The largest absolute Gasteiger partial charge is 0.308 e. The molecule has 1 heterocycles. The summed E-state index contributed by atoms with van der Waals surface area (Å²) in [7, 11) is 0. The summed E-state index contributed by atoms with van der Waals surface area (Å²) in [5.74, 6) is 1.83. The lowest BCUT2D eigenvalue weighted by Gasteiger charge is -2.28. The zero-order valence-corrected chi connectivity index (χ0v) is 13.5. The van der Waals surface area contributed by atoms with Gasteiger partial charge in [0, 0.05) is 0 Å². The fraction of sp³-hybridized carbons (Fsp3) is 0.529. The second kappa shape index (κ2) is 7.36. The van der Waals surface area contributed by atoms with E-state index in [-0.39, 0.29) is 12.1 Å². The standard InChI is InChI=1S/C17H26N4/c1-5-12-18-17(15-10-8-7-9-11-15)16(6-2)21-14(4)19-13(3)20-21/h7-11,16-18H,5-6,12H2,1-4H3. The fourth-order valence-electron chi connectivity index (χ4n) is 2.84. The first-order chi connectivity index (χ1) is 10.2. The Kier molecular flexibility index (Phi) is 5.51. The molecule has 0 saturated heterocycles. The molecule has 2 aromatic rings. The highest BCUT2D eigenvalue weighted by Gasteiger charge is 2.25. The predicted molar refractivity (Wildman–Crippen MR) is 86.3 cm³/mol. The van der Waals surface area contributed by atoms with Crippen LogP contribution in [-0.4, -0.2) is 21.3 Å². The summed E-state index contributed by atoms with van der Waals surface area (Å²) >= 11 is 0. The van der Waals surface area contributed by atoms with Gasteiger partial charge in [-0.15, -0.1) is 0 Å². The van der Waals surface area contributed by atoms with Crippen molar-refractivity contribution in [3.05, 3.63) is 47.5 Å². The van der Waals surface area contributed by atoms with Crippen LogP contribution in [0.25, 0.3) is 0 Å². The van der Waals surface area contributed by atoms with Crippen LogP contribution >= 0.6 is 0 Å². The van der Waals surface area contributed by atoms with Crippen LogP contribution in [0.4, 0.5) is 0 Å². The molecule has 1 aromatic heterocycles. The molecule has 2 unspecified atom stereocenters. The van der Waals surface area contributed by atoms with E-state index >= 15 is 0 Å². The van der Waals surface area contributed by atoms with Crippen LogP contribution in [0, 0.1) is 13.8 Å². The summed E-state index contributed by atoms with van der Waals surface area (Å²) in [6.07, 6.45) is 2.13. The predicted octanol–water partition coefficient (Wildman–Crippen LogP) is 3.59.